The fraction of sp³-hybridized carbons (Fsp3) is 0.222. The molecule has 0 aromatic heterocycles. The first kappa shape index (κ1) is 10.1. The molecule has 1 aromatic carbocycles. The molecule has 1 aliphatic rings. The first-order valence-electron chi connectivity index (χ1n) is 4.14. The van der Waals surface area contributed by atoms with Gasteiger partial charge in [-0.1, -0.05) is 24.4 Å². The molecule has 0 radical (unpaired) electrons. The van der Waals surface area contributed by atoms with Gasteiger partial charge >= 0.3 is 6.29 Å². The zero-order chi connectivity index (χ0) is 11.1. The van der Waals surface area contributed by atoms with Crippen LogP contribution in [0.4, 0.5) is 8.78 Å². The van der Waals surface area contributed by atoms with Gasteiger partial charge in [0.1, 0.15) is 0 Å². The molecule has 1 aliphatic heterocycles. The lowest BCUT2D eigenvalue weighted by atomic mass is 10.1. The molecule has 0 amide bonds. The molecule has 0 unspecified atom stereocenters. The average molecular weight is 231 g/mol. The zero-order valence-corrected chi connectivity index (χ0v) is 8.31. The summed E-state index contributed by atoms with van der Waals surface area (Å²) in [6, 6.07) is 4.60. The third kappa shape index (κ3) is 1.99. The van der Waals surface area contributed by atoms with Gasteiger partial charge in [0.25, 0.3) is 0 Å². The molecule has 0 aliphatic carbocycles. The van der Waals surface area contributed by atoms with E-state index < -0.39 is 6.29 Å². The molecule has 80 valence electrons. The third-order valence-electron chi connectivity index (χ3n) is 1.87. The summed E-state index contributed by atoms with van der Waals surface area (Å²) >= 11 is 4.70. The van der Waals surface area contributed by atoms with Crippen molar-refractivity contribution in [2.24, 2.45) is 5.73 Å². The molecule has 0 saturated carbocycles. The minimum absolute atomic E-state index is 0.00810. The van der Waals surface area contributed by atoms with Crippen molar-refractivity contribution in [1.82, 2.24) is 0 Å². The van der Waals surface area contributed by atoms with E-state index in [1.54, 1.807) is 12.1 Å². The first-order chi connectivity index (χ1) is 6.98. The number of benzene rings is 1. The number of alkyl halides is 2. The number of nitrogens with two attached hydrogens (primary N) is 1. The van der Waals surface area contributed by atoms with Crippen LogP contribution in [-0.4, -0.2) is 11.3 Å². The molecule has 0 fully saturated rings. The molecule has 0 saturated heterocycles. The molecule has 6 heteroatoms. The highest BCUT2D eigenvalue weighted by Crippen LogP contribution is 2.43. The van der Waals surface area contributed by atoms with Crippen LogP contribution in [0.25, 0.3) is 0 Å². The summed E-state index contributed by atoms with van der Waals surface area (Å²) in [6.07, 6.45) is -3.40. The Morgan fingerprint density at radius 2 is 2.13 bits per heavy atom. The standard InChI is InChI=1S/C9H7F2NO2S/c10-9(11)13-6-3-1-2-5(4-7(12)15)8(6)14-9/h1-3H,4H2,(H2,12,15). The van der Waals surface area contributed by atoms with Crippen molar-refractivity contribution in [2.75, 3.05) is 0 Å². The number of hydrogen-bond acceptors (Lipinski definition) is 3. The molecule has 15 heavy (non-hydrogen) atoms. The van der Waals surface area contributed by atoms with Gasteiger partial charge < -0.3 is 15.2 Å². The van der Waals surface area contributed by atoms with Gasteiger partial charge in [0.2, 0.25) is 0 Å². The zero-order valence-electron chi connectivity index (χ0n) is 7.50. The van der Waals surface area contributed by atoms with Gasteiger partial charge in [-0.15, -0.1) is 8.78 Å². The topological polar surface area (TPSA) is 44.5 Å². The van der Waals surface area contributed by atoms with Gasteiger partial charge in [-0.2, -0.15) is 0 Å². The van der Waals surface area contributed by atoms with Crippen molar-refractivity contribution < 1.29 is 18.3 Å². The highest BCUT2D eigenvalue weighted by Gasteiger charge is 2.44. The van der Waals surface area contributed by atoms with Crippen LogP contribution in [0, 0.1) is 0 Å². The van der Waals surface area contributed by atoms with Gasteiger partial charge in [0.05, 0.1) is 4.99 Å². The lowest BCUT2D eigenvalue weighted by Gasteiger charge is -2.06. The molecule has 0 bridgehead atoms. The number of thiocarbonyl (C=S) groups is 1. The van der Waals surface area contributed by atoms with Crippen molar-refractivity contribution in [3.05, 3.63) is 23.8 Å². The smallest absolute Gasteiger partial charge is 0.395 e. The minimum atomic E-state index is -3.60. The summed E-state index contributed by atoms with van der Waals surface area (Å²) in [5.74, 6) is 0.0176. The second-order valence-electron chi connectivity index (χ2n) is 3.05. The van der Waals surface area contributed by atoms with Crippen LogP contribution < -0.4 is 15.2 Å². The largest absolute Gasteiger partial charge is 0.586 e. The quantitative estimate of drug-likeness (QED) is 0.789. The van der Waals surface area contributed by atoms with E-state index in [-0.39, 0.29) is 22.9 Å². The average Bonchev–Trinajstić information content (AvgIpc) is 2.39. The van der Waals surface area contributed by atoms with Crippen molar-refractivity contribution >= 4 is 17.2 Å². The molecule has 1 aromatic rings. The monoisotopic (exact) mass is 231 g/mol. The number of hydrogen-bond donors (Lipinski definition) is 1. The number of fused-ring (bicyclic) bond motifs is 1. The van der Waals surface area contributed by atoms with Crippen LogP contribution in [0.3, 0.4) is 0 Å². The SMILES string of the molecule is NC(=S)Cc1cccc2c1OC(F)(F)O2. The maximum Gasteiger partial charge on any atom is 0.586 e. The third-order valence-corrected chi connectivity index (χ3v) is 2.02. The Morgan fingerprint density at radius 3 is 2.80 bits per heavy atom. The molecule has 0 atom stereocenters. The van der Waals surface area contributed by atoms with Crippen LogP contribution >= 0.6 is 12.2 Å². The highest BCUT2D eigenvalue weighted by molar-refractivity contribution is 7.80. The summed E-state index contributed by atoms with van der Waals surface area (Å²) < 4.78 is 34.1. The highest BCUT2D eigenvalue weighted by atomic mass is 32.1. The lowest BCUT2D eigenvalue weighted by Crippen LogP contribution is -2.26. The van der Waals surface area contributed by atoms with E-state index in [2.05, 4.69) is 9.47 Å². The second kappa shape index (κ2) is 3.30. The van der Waals surface area contributed by atoms with Crippen LogP contribution in [0.2, 0.25) is 0 Å². The second-order valence-corrected chi connectivity index (χ2v) is 3.58. The van der Waals surface area contributed by atoms with E-state index in [0.717, 1.165) is 0 Å². The summed E-state index contributed by atoms with van der Waals surface area (Å²) in [5, 5.41) is 0. The maximum absolute atomic E-state index is 12.7. The van der Waals surface area contributed by atoms with E-state index in [9.17, 15) is 8.78 Å². The van der Waals surface area contributed by atoms with Crippen molar-refractivity contribution in [1.29, 1.82) is 0 Å². The van der Waals surface area contributed by atoms with Gasteiger partial charge in [0, 0.05) is 12.0 Å². The fourth-order valence-electron chi connectivity index (χ4n) is 1.35. The van der Waals surface area contributed by atoms with Gasteiger partial charge in [0.15, 0.2) is 11.5 Å². The van der Waals surface area contributed by atoms with E-state index in [1.807, 2.05) is 0 Å². The fourth-order valence-corrected chi connectivity index (χ4v) is 1.51. The molecule has 0 spiro atoms. The molecule has 3 nitrogen and oxygen atoms in total. The van der Waals surface area contributed by atoms with E-state index >= 15 is 0 Å². The number of para-hydroxylation sites is 1. The predicted octanol–water partition coefficient (Wildman–Crippen LogP) is 1.84. The van der Waals surface area contributed by atoms with Crippen molar-refractivity contribution in [3.8, 4) is 11.5 Å². The van der Waals surface area contributed by atoms with Crippen LogP contribution in [0.1, 0.15) is 5.56 Å². The summed E-state index contributed by atoms with van der Waals surface area (Å²) in [7, 11) is 0. The Labute approximate surface area is 89.8 Å². The van der Waals surface area contributed by atoms with Crippen LogP contribution in [-0.2, 0) is 6.42 Å². The van der Waals surface area contributed by atoms with Crippen LogP contribution in [0.15, 0.2) is 18.2 Å². The Balaban J connectivity index is 2.37. The first-order valence-corrected chi connectivity index (χ1v) is 4.55. The van der Waals surface area contributed by atoms with Gasteiger partial charge in [-0.05, 0) is 6.07 Å². The van der Waals surface area contributed by atoms with Crippen LogP contribution in [0.5, 0.6) is 11.5 Å². The number of halogens is 2. The normalized spacial score (nSPS) is 16.4. The van der Waals surface area contributed by atoms with Crippen molar-refractivity contribution in [2.45, 2.75) is 12.7 Å². The number of ether oxygens (including phenoxy) is 2. The summed E-state index contributed by atoms with van der Waals surface area (Å²) in [4.78, 5) is 0.210. The molecule has 1 heterocycles. The Bertz CT molecular complexity index is 423. The van der Waals surface area contributed by atoms with E-state index in [1.165, 1.54) is 6.07 Å². The maximum atomic E-state index is 12.7. The van der Waals surface area contributed by atoms with Gasteiger partial charge in [-0.25, -0.2) is 0 Å². The van der Waals surface area contributed by atoms with E-state index in [4.69, 9.17) is 18.0 Å². The Hall–Kier alpha value is -1.43. The van der Waals surface area contributed by atoms with Gasteiger partial charge in [-0.3, -0.25) is 0 Å². The molecular formula is C9H7F2NO2S. The minimum Gasteiger partial charge on any atom is -0.395 e. The summed E-state index contributed by atoms with van der Waals surface area (Å²) in [5.41, 5.74) is 5.83. The summed E-state index contributed by atoms with van der Waals surface area (Å²) in [6.45, 7) is 0. The van der Waals surface area contributed by atoms with Crippen molar-refractivity contribution in [3.63, 3.8) is 0 Å². The molecule has 2 N–H and O–H groups in total. The number of rotatable bonds is 2. The molecular weight excluding hydrogens is 224 g/mol. The lowest BCUT2D eigenvalue weighted by molar-refractivity contribution is -0.286. The predicted molar refractivity (Wildman–Crippen MR) is 53.1 cm³/mol. The van der Waals surface area contributed by atoms with E-state index in [0.29, 0.717) is 5.56 Å². The Kier molecular flexibility index (Phi) is 2.22. The molecule has 2 rings (SSSR count). The Morgan fingerprint density at radius 1 is 1.40 bits per heavy atom.